The molecule has 0 radical (unpaired) electrons. The number of likely N-dealkylation sites (tertiary alicyclic amines) is 1. The molecule has 0 aliphatic carbocycles. The van der Waals surface area contributed by atoms with Crippen LogP contribution >= 0.6 is 11.6 Å². The molecule has 0 unspecified atom stereocenters. The van der Waals surface area contributed by atoms with Gasteiger partial charge in [-0.15, -0.1) is 0 Å². The number of nitrogens with zero attached hydrogens (tertiary/aromatic N) is 1. The van der Waals surface area contributed by atoms with Crippen LogP contribution in [0.2, 0.25) is 5.02 Å². The van der Waals surface area contributed by atoms with Crippen LogP contribution in [0.3, 0.4) is 0 Å². The summed E-state index contributed by atoms with van der Waals surface area (Å²) in [4.78, 5) is 26.2. The van der Waals surface area contributed by atoms with Crippen molar-refractivity contribution in [2.24, 2.45) is 5.92 Å². The summed E-state index contributed by atoms with van der Waals surface area (Å²) in [6.07, 6.45) is 2.64. The summed E-state index contributed by atoms with van der Waals surface area (Å²) in [6, 6.07) is 6.82. The number of hydrogen-bond donors (Lipinski definition) is 1. The summed E-state index contributed by atoms with van der Waals surface area (Å²) >= 11 is 5.81. The molecule has 1 aromatic carbocycles. The second-order valence-electron chi connectivity index (χ2n) is 6.06. The Morgan fingerprint density at radius 2 is 1.83 bits per heavy atom. The number of rotatable bonds is 7. The zero-order chi connectivity index (χ0) is 16.7. The molecule has 1 aromatic rings. The second-order valence-corrected chi connectivity index (χ2v) is 6.50. The van der Waals surface area contributed by atoms with Crippen LogP contribution in [-0.2, 0) is 4.79 Å². The average Bonchev–Trinajstić information content (AvgIpc) is 2.58. The molecule has 0 aromatic heterocycles. The highest BCUT2D eigenvalue weighted by Gasteiger charge is 2.22. The molecule has 1 aliphatic rings. The monoisotopic (exact) mass is 336 g/mol. The van der Waals surface area contributed by atoms with E-state index in [1.54, 1.807) is 24.3 Å². The molecule has 0 atom stereocenters. The minimum absolute atomic E-state index is 0.00273. The lowest BCUT2D eigenvalue weighted by Crippen LogP contribution is -2.40. The van der Waals surface area contributed by atoms with Crippen molar-refractivity contribution in [2.75, 3.05) is 26.2 Å². The molecule has 5 heteroatoms. The molecule has 1 fully saturated rings. The number of carbonyl (C=O) groups is 2. The number of nitrogens with one attached hydrogen (secondary N) is 1. The van der Waals surface area contributed by atoms with Crippen molar-refractivity contribution >= 4 is 23.3 Å². The van der Waals surface area contributed by atoms with Gasteiger partial charge in [0.05, 0.1) is 0 Å². The number of piperidine rings is 1. The van der Waals surface area contributed by atoms with E-state index >= 15 is 0 Å². The molecule has 2 rings (SSSR count). The highest BCUT2D eigenvalue weighted by Crippen LogP contribution is 2.18. The first kappa shape index (κ1) is 18.0. The lowest BCUT2D eigenvalue weighted by Gasteiger charge is -2.32. The molecule has 1 aliphatic heterocycles. The minimum Gasteiger partial charge on any atom is -0.343 e. The maximum absolute atomic E-state index is 12.2. The van der Waals surface area contributed by atoms with E-state index in [1.165, 1.54) is 0 Å². The SMILES string of the molecule is CCNCC1CCN(C(=O)CCC(=O)c2ccc(Cl)cc2)CC1. The topological polar surface area (TPSA) is 49.4 Å². The third-order valence-electron chi connectivity index (χ3n) is 4.38. The summed E-state index contributed by atoms with van der Waals surface area (Å²) in [5.74, 6) is 0.751. The smallest absolute Gasteiger partial charge is 0.223 e. The fourth-order valence-corrected chi connectivity index (χ4v) is 3.02. The third-order valence-corrected chi connectivity index (χ3v) is 4.63. The van der Waals surface area contributed by atoms with Gasteiger partial charge in [0.2, 0.25) is 5.91 Å². The molecule has 23 heavy (non-hydrogen) atoms. The fourth-order valence-electron chi connectivity index (χ4n) is 2.89. The van der Waals surface area contributed by atoms with Gasteiger partial charge >= 0.3 is 0 Å². The molecule has 0 spiro atoms. The number of amides is 1. The van der Waals surface area contributed by atoms with Gasteiger partial charge < -0.3 is 10.2 Å². The van der Waals surface area contributed by atoms with Crippen LogP contribution in [-0.4, -0.2) is 42.8 Å². The van der Waals surface area contributed by atoms with E-state index < -0.39 is 0 Å². The molecule has 1 heterocycles. The molecule has 1 saturated heterocycles. The molecule has 1 amide bonds. The van der Waals surface area contributed by atoms with Gasteiger partial charge in [0.25, 0.3) is 0 Å². The summed E-state index contributed by atoms with van der Waals surface area (Å²) < 4.78 is 0. The average molecular weight is 337 g/mol. The minimum atomic E-state index is -0.00273. The number of hydrogen-bond acceptors (Lipinski definition) is 3. The summed E-state index contributed by atoms with van der Waals surface area (Å²) in [5, 5.41) is 3.98. The largest absolute Gasteiger partial charge is 0.343 e. The van der Waals surface area contributed by atoms with Gasteiger partial charge in [-0.25, -0.2) is 0 Å². The quantitative estimate of drug-likeness (QED) is 0.778. The Morgan fingerprint density at radius 3 is 2.43 bits per heavy atom. The highest BCUT2D eigenvalue weighted by atomic mass is 35.5. The normalized spacial score (nSPS) is 15.7. The Labute approximate surface area is 143 Å². The number of ketones is 1. The van der Waals surface area contributed by atoms with Crippen molar-refractivity contribution in [3.63, 3.8) is 0 Å². The van der Waals surface area contributed by atoms with Crippen molar-refractivity contribution in [3.8, 4) is 0 Å². The number of halogens is 1. The Hall–Kier alpha value is -1.39. The van der Waals surface area contributed by atoms with Crippen molar-refractivity contribution in [3.05, 3.63) is 34.9 Å². The van der Waals surface area contributed by atoms with Crippen LogP contribution in [0.25, 0.3) is 0 Å². The zero-order valence-corrected chi connectivity index (χ0v) is 14.4. The van der Waals surface area contributed by atoms with E-state index in [2.05, 4.69) is 12.2 Å². The van der Waals surface area contributed by atoms with E-state index in [-0.39, 0.29) is 18.1 Å². The van der Waals surface area contributed by atoms with Crippen LogP contribution in [0.15, 0.2) is 24.3 Å². The Balaban J connectivity index is 1.73. The Bertz CT molecular complexity index is 522. The lowest BCUT2D eigenvalue weighted by molar-refractivity contribution is -0.132. The number of Topliss-reactive ketones (excluding diaryl/α,β-unsaturated/α-hetero) is 1. The standard InChI is InChI=1S/C18H25ClN2O2/c1-2-20-13-14-9-11-21(12-10-14)18(23)8-7-17(22)15-3-5-16(19)6-4-15/h3-6,14,20H,2,7-13H2,1H3. The molecular formula is C18H25ClN2O2. The summed E-state index contributed by atoms with van der Waals surface area (Å²) in [5.41, 5.74) is 0.617. The Morgan fingerprint density at radius 1 is 1.17 bits per heavy atom. The maximum atomic E-state index is 12.2. The zero-order valence-electron chi connectivity index (χ0n) is 13.7. The van der Waals surface area contributed by atoms with Gasteiger partial charge in [0.15, 0.2) is 5.78 Å². The lowest BCUT2D eigenvalue weighted by atomic mass is 9.96. The third kappa shape index (κ3) is 5.63. The van der Waals surface area contributed by atoms with E-state index in [9.17, 15) is 9.59 Å². The molecule has 4 nitrogen and oxygen atoms in total. The van der Waals surface area contributed by atoms with Gasteiger partial charge in [0.1, 0.15) is 0 Å². The van der Waals surface area contributed by atoms with E-state index in [0.29, 0.717) is 22.9 Å². The van der Waals surface area contributed by atoms with E-state index in [1.807, 2.05) is 4.90 Å². The fraction of sp³-hybridized carbons (Fsp3) is 0.556. The van der Waals surface area contributed by atoms with E-state index in [4.69, 9.17) is 11.6 Å². The highest BCUT2D eigenvalue weighted by molar-refractivity contribution is 6.30. The maximum Gasteiger partial charge on any atom is 0.223 e. The summed E-state index contributed by atoms with van der Waals surface area (Å²) in [6.45, 7) is 5.75. The molecule has 0 saturated carbocycles. The van der Waals surface area contributed by atoms with Gasteiger partial charge in [0, 0.05) is 36.5 Å². The van der Waals surface area contributed by atoms with Gasteiger partial charge in [-0.05, 0) is 56.1 Å². The van der Waals surface area contributed by atoms with Crippen molar-refractivity contribution in [1.29, 1.82) is 0 Å². The first-order valence-electron chi connectivity index (χ1n) is 8.37. The molecule has 1 N–H and O–H groups in total. The predicted molar refractivity (Wildman–Crippen MR) is 92.9 cm³/mol. The first-order valence-corrected chi connectivity index (χ1v) is 8.75. The van der Waals surface area contributed by atoms with Gasteiger partial charge in [-0.3, -0.25) is 9.59 Å². The van der Waals surface area contributed by atoms with Crippen molar-refractivity contribution in [1.82, 2.24) is 10.2 Å². The van der Waals surface area contributed by atoms with Crippen LogP contribution < -0.4 is 5.32 Å². The van der Waals surface area contributed by atoms with Crippen LogP contribution in [0.1, 0.15) is 43.0 Å². The molecular weight excluding hydrogens is 312 g/mol. The molecule has 126 valence electrons. The molecule has 0 bridgehead atoms. The van der Waals surface area contributed by atoms with Crippen molar-refractivity contribution < 1.29 is 9.59 Å². The first-order chi connectivity index (χ1) is 11.1. The van der Waals surface area contributed by atoms with Crippen LogP contribution in [0.4, 0.5) is 0 Å². The second kappa shape index (κ2) is 9.04. The number of carbonyl (C=O) groups excluding carboxylic acids is 2. The van der Waals surface area contributed by atoms with Crippen LogP contribution in [0.5, 0.6) is 0 Å². The van der Waals surface area contributed by atoms with Crippen molar-refractivity contribution in [2.45, 2.75) is 32.6 Å². The Kier molecular flexibility index (Phi) is 7.06. The van der Waals surface area contributed by atoms with Gasteiger partial charge in [-0.1, -0.05) is 18.5 Å². The summed E-state index contributed by atoms with van der Waals surface area (Å²) in [7, 11) is 0. The van der Waals surface area contributed by atoms with E-state index in [0.717, 1.165) is 39.0 Å². The predicted octanol–water partition coefficient (Wildman–Crippen LogP) is 3.15. The number of benzene rings is 1. The van der Waals surface area contributed by atoms with Gasteiger partial charge in [-0.2, -0.15) is 0 Å². The van der Waals surface area contributed by atoms with Crippen LogP contribution in [0, 0.1) is 5.92 Å².